The minimum absolute atomic E-state index is 0.123. The van der Waals surface area contributed by atoms with Gasteiger partial charge in [0.15, 0.2) is 11.5 Å². The Morgan fingerprint density at radius 1 is 0.938 bits per heavy atom. The summed E-state index contributed by atoms with van der Waals surface area (Å²) in [5, 5.41) is 7.16. The monoisotopic (exact) mass is 428 g/mol. The Morgan fingerprint density at radius 3 is 2.41 bits per heavy atom. The van der Waals surface area contributed by atoms with Gasteiger partial charge in [0.2, 0.25) is 6.23 Å². The molecule has 2 atom stereocenters. The minimum Gasteiger partial charge on any atom is -0.493 e. The number of para-hydroxylation sites is 1. The molecule has 0 bridgehead atoms. The van der Waals surface area contributed by atoms with Gasteiger partial charge in [0, 0.05) is 23.1 Å². The normalized spacial score (nSPS) is 19.2. The molecule has 32 heavy (non-hydrogen) atoms. The first kappa shape index (κ1) is 20.4. The summed E-state index contributed by atoms with van der Waals surface area (Å²) in [5.41, 5.74) is 5.63. The summed E-state index contributed by atoms with van der Waals surface area (Å²) in [7, 11) is 3.30. The van der Waals surface area contributed by atoms with Crippen molar-refractivity contribution in [2.75, 3.05) is 14.2 Å². The number of fused-ring (bicyclic) bond motifs is 3. The van der Waals surface area contributed by atoms with Crippen LogP contribution < -0.4 is 14.2 Å². The summed E-state index contributed by atoms with van der Waals surface area (Å²) in [6, 6.07) is 23.1. The molecule has 5 nitrogen and oxygen atoms in total. The van der Waals surface area contributed by atoms with Crippen molar-refractivity contribution in [1.82, 2.24) is 5.01 Å². The fourth-order valence-electron chi connectivity index (χ4n) is 4.49. The molecule has 2 heterocycles. The molecule has 0 amide bonds. The average molecular weight is 429 g/mol. The minimum atomic E-state index is -0.270. The molecule has 2 aliphatic heterocycles. The first-order chi connectivity index (χ1) is 15.6. The third-order valence-electron chi connectivity index (χ3n) is 6.30. The van der Waals surface area contributed by atoms with Crippen molar-refractivity contribution in [1.29, 1.82) is 0 Å². The van der Waals surface area contributed by atoms with Crippen LogP contribution in [0, 0.1) is 0 Å². The highest BCUT2D eigenvalue weighted by molar-refractivity contribution is 6.02. The van der Waals surface area contributed by atoms with Crippen LogP contribution in [0.5, 0.6) is 17.2 Å². The molecule has 3 aromatic carbocycles. The lowest BCUT2D eigenvalue weighted by Gasteiger charge is -2.38. The number of rotatable bonds is 5. The zero-order chi connectivity index (χ0) is 22.2. The van der Waals surface area contributed by atoms with E-state index in [1.807, 2.05) is 24.3 Å². The van der Waals surface area contributed by atoms with Crippen molar-refractivity contribution in [2.24, 2.45) is 5.10 Å². The van der Waals surface area contributed by atoms with Crippen LogP contribution in [0.4, 0.5) is 0 Å². The van der Waals surface area contributed by atoms with Crippen molar-refractivity contribution in [3.05, 3.63) is 89.0 Å². The third-order valence-corrected chi connectivity index (χ3v) is 6.30. The van der Waals surface area contributed by atoms with E-state index in [-0.39, 0.29) is 12.3 Å². The predicted molar refractivity (Wildman–Crippen MR) is 126 cm³/mol. The lowest BCUT2D eigenvalue weighted by Crippen LogP contribution is -2.33. The van der Waals surface area contributed by atoms with E-state index in [1.165, 1.54) is 11.1 Å². The van der Waals surface area contributed by atoms with Gasteiger partial charge in [-0.3, -0.25) is 0 Å². The molecule has 0 N–H and O–H groups in total. The quantitative estimate of drug-likeness (QED) is 0.495. The third kappa shape index (κ3) is 3.48. The van der Waals surface area contributed by atoms with Crippen LogP contribution >= 0.6 is 0 Å². The maximum atomic E-state index is 6.47. The molecule has 164 valence electrons. The number of methoxy groups -OCH3 is 2. The van der Waals surface area contributed by atoms with Crippen molar-refractivity contribution in [2.45, 2.75) is 38.5 Å². The lowest BCUT2D eigenvalue weighted by atomic mass is 9.95. The van der Waals surface area contributed by atoms with Gasteiger partial charge in [-0.2, -0.15) is 5.10 Å². The van der Waals surface area contributed by atoms with E-state index in [0.29, 0.717) is 17.4 Å². The highest BCUT2D eigenvalue weighted by Crippen LogP contribution is 2.47. The number of hydrogen-bond donors (Lipinski definition) is 0. The number of benzene rings is 3. The highest BCUT2D eigenvalue weighted by atomic mass is 16.5. The molecule has 0 saturated heterocycles. The Hall–Kier alpha value is -3.47. The van der Waals surface area contributed by atoms with Gasteiger partial charge in [-0.25, -0.2) is 5.01 Å². The molecule has 0 aliphatic carbocycles. The number of hydrogen-bond acceptors (Lipinski definition) is 5. The molecular formula is C27H28N2O3. The van der Waals surface area contributed by atoms with Gasteiger partial charge < -0.3 is 14.2 Å². The average Bonchev–Trinajstić information content (AvgIpc) is 3.29. The van der Waals surface area contributed by atoms with Crippen LogP contribution in [0.25, 0.3) is 0 Å². The Balaban J connectivity index is 1.55. The Morgan fingerprint density at radius 2 is 1.69 bits per heavy atom. The van der Waals surface area contributed by atoms with Gasteiger partial charge in [0.1, 0.15) is 5.75 Å². The summed E-state index contributed by atoms with van der Waals surface area (Å²) in [6.45, 7) is 4.41. The van der Waals surface area contributed by atoms with E-state index in [1.54, 1.807) is 14.2 Å². The van der Waals surface area contributed by atoms with Gasteiger partial charge in [-0.15, -0.1) is 0 Å². The molecule has 0 spiro atoms. The molecule has 0 radical (unpaired) electrons. The Labute approximate surface area is 189 Å². The van der Waals surface area contributed by atoms with Gasteiger partial charge in [-0.1, -0.05) is 56.3 Å². The number of nitrogens with zero attached hydrogens (tertiary/aromatic N) is 2. The van der Waals surface area contributed by atoms with Gasteiger partial charge in [0.05, 0.1) is 26.0 Å². The van der Waals surface area contributed by atoms with Crippen molar-refractivity contribution >= 4 is 5.71 Å². The summed E-state index contributed by atoms with van der Waals surface area (Å²) < 4.78 is 17.4. The summed E-state index contributed by atoms with van der Waals surface area (Å²) in [6.07, 6.45) is 0.532. The zero-order valence-electron chi connectivity index (χ0n) is 18.9. The summed E-state index contributed by atoms with van der Waals surface area (Å²) >= 11 is 0. The predicted octanol–water partition coefficient (Wildman–Crippen LogP) is 6.07. The second-order valence-electron chi connectivity index (χ2n) is 8.55. The second kappa shape index (κ2) is 8.23. The maximum absolute atomic E-state index is 6.47. The van der Waals surface area contributed by atoms with E-state index in [4.69, 9.17) is 19.3 Å². The van der Waals surface area contributed by atoms with Crippen LogP contribution in [0.15, 0.2) is 71.8 Å². The molecule has 2 unspecified atom stereocenters. The van der Waals surface area contributed by atoms with Crippen molar-refractivity contribution < 1.29 is 14.2 Å². The first-order valence-corrected chi connectivity index (χ1v) is 11.0. The summed E-state index contributed by atoms with van der Waals surface area (Å²) in [4.78, 5) is 0. The van der Waals surface area contributed by atoms with E-state index in [0.717, 1.165) is 29.0 Å². The number of ether oxygens (including phenoxy) is 3. The summed E-state index contributed by atoms with van der Waals surface area (Å²) in [5.74, 6) is 2.83. The van der Waals surface area contributed by atoms with E-state index in [2.05, 4.69) is 61.3 Å². The van der Waals surface area contributed by atoms with Crippen LogP contribution in [-0.4, -0.2) is 24.9 Å². The second-order valence-corrected chi connectivity index (χ2v) is 8.55. The van der Waals surface area contributed by atoms with Gasteiger partial charge in [-0.05, 0) is 35.7 Å². The van der Waals surface area contributed by atoms with Crippen molar-refractivity contribution in [3.63, 3.8) is 0 Å². The topological polar surface area (TPSA) is 43.3 Å². The molecule has 0 aromatic heterocycles. The molecule has 2 aliphatic rings. The standard InChI is InChI=1S/C27H28N2O3/c1-17(2)18-9-11-19(12-10-18)27-29-23(21-7-5-6-8-24(21)32-27)16-22(28-29)20-13-14-25(30-3)26(15-20)31-4/h5-15,17,23,27H,16H2,1-4H3. The zero-order valence-corrected chi connectivity index (χ0v) is 18.9. The van der Waals surface area contributed by atoms with Crippen LogP contribution in [0.1, 0.15) is 60.7 Å². The first-order valence-electron chi connectivity index (χ1n) is 11.0. The molecular weight excluding hydrogens is 400 g/mol. The van der Waals surface area contributed by atoms with Gasteiger partial charge in [0.25, 0.3) is 0 Å². The fraction of sp³-hybridized carbons (Fsp3) is 0.296. The Bertz CT molecular complexity index is 1150. The van der Waals surface area contributed by atoms with Crippen molar-refractivity contribution in [3.8, 4) is 17.2 Å². The van der Waals surface area contributed by atoms with E-state index >= 15 is 0 Å². The largest absolute Gasteiger partial charge is 0.493 e. The van der Waals surface area contributed by atoms with E-state index in [9.17, 15) is 0 Å². The highest BCUT2D eigenvalue weighted by Gasteiger charge is 2.40. The SMILES string of the molecule is COc1ccc(C2=NN3C(C2)c2ccccc2OC3c2ccc(C(C)C)cc2)cc1OC. The van der Waals surface area contributed by atoms with Crippen LogP contribution in [0.3, 0.4) is 0 Å². The van der Waals surface area contributed by atoms with Crippen LogP contribution in [0.2, 0.25) is 0 Å². The lowest BCUT2D eigenvalue weighted by molar-refractivity contribution is -0.0190. The molecule has 3 aromatic rings. The van der Waals surface area contributed by atoms with E-state index < -0.39 is 0 Å². The Kier molecular flexibility index (Phi) is 5.25. The number of hydrazone groups is 1. The smallest absolute Gasteiger partial charge is 0.213 e. The molecule has 0 fully saturated rings. The molecule has 0 saturated carbocycles. The van der Waals surface area contributed by atoms with Gasteiger partial charge >= 0.3 is 0 Å². The molecule has 5 rings (SSSR count). The molecule has 5 heteroatoms. The fourth-order valence-corrected chi connectivity index (χ4v) is 4.49. The van der Waals surface area contributed by atoms with Crippen LogP contribution in [-0.2, 0) is 0 Å². The maximum Gasteiger partial charge on any atom is 0.213 e.